The minimum Gasteiger partial charge on any atom is -0.507 e. The molecule has 36 heavy (non-hydrogen) atoms. The van der Waals surface area contributed by atoms with Gasteiger partial charge in [0.25, 0.3) is 11.8 Å². The molecule has 9 nitrogen and oxygen atoms in total. The number of amides is 2. The van der Waals surface area contributed by atoms with Crippen LogP contribution in [0.25, 0.3) is 0 Å². The summed E-state index contributed by atoms with van der Waals surface area (Å²) in [5.74, 6) is -1.35. The summed E-state index contributed by atoms with van der Waals surface area (Å²) in [6.45, 7) is 9.93. The lowest BCUT2D eigenvalue weighted by Crippen LogP contribution is -2.34. The third-order valence-electron chi connectivity index (χ3n) is 6.59. The Balaban J connectivity index is 1.73. The number of primary amides is 2. The minimum atomic E-state index is -0.634. The van der Waals surface area contributed by atoms with Gasteiger partial charge in [-0.25, -0.2) is 0 Å². The zero-order chi connectivity index (χ0) is 26.2. The molecule has 7 N–H and O–H groups in total. The van der Waals surface area contributed by atoms with Gasteiger partial charge in [-0.1, -0.05) is 12.1 Å². The molecule has 0 bridgehead atoms. The summed E-state index contributed by atoms with van der Waals surface area (Å²) >= 11 is 0. The van der Waals surface area contributed by atoms with Crippen molar-refractivity contribution in [3.8, 4) is 11.5 Å². The van der Waals surface area contributed by atoms with Crippen molar-refractivity contribution < 1.29 is 19.8 Å². The summed E-state index contributed by atoms with van der Waals surface area (Å²) in [4.78, 5) is 28.1. The summed E-state index contributed by atoms with van der Waals surface area (Å²) in [7, 11) is 0. The van der Waals surface area contributed by atoms with Crippen LogP contribution in [-0.2, 0) is 13.1 Å². The Morgan fingerprint density at radius 3 is 1.53 bits per heavy atom. The van der Waals surface area contributed by atoms with Gasteiger partial charge >= 0.3 is 0 Å². The predicted molar refractivity (Wildman–Crippen MR) is 140 cm³/mol. The number of hydrogen-bond acceptors (Lipinski definition) is 7. The van der Waals surface area contributed by atoms with Crippen LogP contribution in [0.4, 0.5) is 0 Å². The molecule has 3 rings (SSSR count). The Hall–Kier alpha value is -3.14. The van der Waals surface area contributed by atoms with Gasteiger partial charge in [-0.15, -0.1) is 0 Å². The maximum Gasteiger partial charge on any atom is 0.252 e. The van der Waals surface area contributed by atoms with Crippen LogP contribution in [0, 0.1) is 13.8 Å². The molecule has 0 radical (unpaired) electrons. The zero-order valence-corrected chi connectivity index (χ0v) is 21.3. The largest absolute Gasteiger partial charge is 0.507 e. The number of benzene rings is 2. The first kappa shape index (κ1) is 27.4. The highest BCUT2D eigenvalue weighted by Crippen LogP contribution is 2.27. The number of hydrogen-bond donors (Lipinski definition) is 5. The molecule has 1 fully saturated rings. The molecule has 2 aromatic carbocycles. The van der Waals surface area contributed by atoms with E-state index >= 15 is 0 Å². The van der Waals surface area contributed by atoms with Gasteiger partial charge in [-0.3, -0.25) is 19.4 Å². The molecule has 0 unspecified atom stereocenters. The summed E-state index contributed by atoms with van der Waals surface area (Å²) in [5, 5.41) is 24.8. The number of rotatable bonds is 6. The number of nitrogens with two attached hydrogens (primary N) is 2. The normalized spacial score (nSPS) is 16.7. The van der Waals surface area contributed by atoms with Crippen molar-refractivity contribution >= 4 is 11.8 Å². The summed E-state index contributed by atoms with van der Waals surface area (Å²) in [6, 6.07) is 7.03. The van der Waals surface area contributed by atoms with Crippen molar-refractivity contribution in [3.63, 3.8) is 0 Å². The number of carbonyl (C=O) groups is 2. The van der Waals surface area contributed by atoms with Crippen molar-refractivity contribution in [3.05, 3.63) is 57.6 Å². The first-order valence-electron chi connectivity index (χ1n) is 12.6. The van der Waals surface area contributed by atoms with Gasteiger partial charge in [0.2, 0.25) is 0 Å². The van der Waals surface area contributed by atoms with Crippen LogP contribution < -0.4 is 16.8 Å². The molecule has 1 aliphatic heterocycles. The van der Waals surface area contributed by atoms with Crippen LogP contribution in [-0.4, -0.2) is 71.1 Å². The van der Waals surface area contributed by atoms with Crippen LogP contribution >= 0.6 is 0 Å². The molecular formula is C27H39N5O4. The van der Waals surface area contributed by atoms with Crippen molar-refractivity contribution in [2.45, 2.75) is 46.2 Å². The third kappa shape index (κ3) is 7.43. The van der Waals surface area contributed by atoms with E-state index in [2.05, 4.69) is 15.1 Å². The maximum absolute atomic E-state index is 11.8. The van der Waals surface area contributed by atoms with Crippen LogP contribution in [0.5, 0.6) is 11.5 Å². The molecule has 2 amide bonds. The lowest BCUT2D eigenvalue weighted by atomic mass is 10.0. The first-order chi connectivity index (χ1) is 17.2. The Morgan fingerprint density at radius 2 is 1.14 bits per heavy atom. The molecule has 2 aromatic rings. The lowest BCUT2D eigenvalue weighted by Gasteiger charge is -2.28. The second-order valence-electron chi connectivity index (χ2n) is 9.73. The lowest BCUT2D eigenvalue weighted by molar-refractivity contribution is 0.0988. The number of nitrogens with one attached hydrogen (secondary N) is 1. The smallest absolute Gasteiger partial charge is 0.252 e. The Morgan fingerprint density at radius 1 is 0.750 bits per heavy atom. The average Bonchev–Trinajstić information content (AvgIpc) is 2.80. The highest BCUT2D eigenvalue weighted by molar-refractivity contribution is 5.96. The molecule has 0 aliphatic carbocycles. The van der Waals surface area contributed by atoms with Crippen molar-refractivity contribution in [2.24, 2.45) is 11.5 Å². The van der Waals surface area contributed by atoms with Gasteiger partial charge in [0.05, 0.1) is 11.1 Å². The SMILES string of the molecule is Cc1cc(CN2CCCNCCCN(Cc3cc(C)cc(C(N)=O)c3O)CCC2)c(O)c(C(N)=O)c1. The summed E-state index contributed by atoms with van der Waals surface area (Å²) in [6.07, 6.45) is 2.84. The van der Waals surface area contributed by atoms with E-state index in [0.717, 1.165) is 69.7 Å². The zero-order valence-electron chi connectivity index (χ0n) is 21.3. The fraction of sp³-hybridized carbons (Fsp3) is 0.481. The quantitative estimate of drug-likeness (QED) is 0.410. The Bertz CT molecular complexity index is 1000. The Labute approximate surface area is 213 Å². The topological polar surface area (TPSA) is 145 Å². The average molecular weight is 498 g/mol. The molecule has 0 aromatic heterocycles. The molecule has 1 heterocycles. The number of phenols is 2. The van der Waals surface area contributed by atoms with E-state index in [9.17, 15) is 19.8 Å². The molecule has 0 spiro atoms. The Kier molecular flexibility index (Phi) is 9.69. The molecule has 1 saturated heterocycles. The summed E-state index contributed by atoms with van der Waals surface area (Å²) < 4.78 is 0. The molecule has 1 aliphatic rings. The number of nitrogens with zero attached hydrogens (tertiary/aromatic N) is 2. The van der Waals surface area contributed by atoms with Crippen LogP contribution in [0.1, 0.15) is 62.2 Å². The second-order valence-corrected chi connectivity index (χ2v) is 9.73. The number of aryl methyl sites for hydroxylation is 2. The standard InChI is InChI=1S/C27H39N5O4/c1-18-12-20(24(33)22(14-18)26(28)35)16-31-8-3-6-30-7-4-9-32(11-5-10-31)17-21-13-19(2)15-23(25(21)34)27(29)36/h12-15,30,33-34H,3-11,16-17H2,1-2H3,(H2,28,35)(H2,29,36). The fourth-order valence-electron chi connectivity index (χ4n) is 4.84. The van der Waals surface area contributed by atoms with Crippen LogP contribution in [0.15, 0.2) is 24.3 Å². The monoisotopic (exact) mass is 497 g/mol. The third-order valence-corrected chi connectivity index (χ3v) is 6.59. The van der Waals surface area contributed by atoms with Crippen molar-refractivity contribution in [1.29, 1.82) is 0 Å². The predicted octanol–water partition coefficient (Wildman–Crippen LogP) is 1.99. The fourth-order valence-corrected chi connectivity index (χ4v) is 4.84. The molecule has 0 atom stereocenters. The molecular weight excluding hydrogens is 458 g/mol. The van der Waals surface area contributed by atoms with Gasteiger partial charge in [-0.05, 0) is 95.6 Å². The van der Waals surface area contributed by atoms with Gasteiger partial charge in [-0.2, -0.15) is 0 Å². The van der Waals surface area contributed by atoms with E-state index in [0.29, 0.717) is 24.2 Å². The van der Waals surface area contributed by atoms with E-state index in [-0.39, 0.29) is 22.6 Å². The second kappa shape index (κ2) is 12.7. The van der Waals surface area contributed by atoms with Crippen molar-refractivity contribution in [1.82, 2.24) is 15.1 Å². The highest BCUT2D eigenvalue weighted by Gasteiger charge is 2.18. The molecule has 196 valence electrons. The minimum absolute atomic E-state index is 0.0425. The first-order valence-corrected chi connectivity index (χ1v) is 12.6. The van der Waals surface area contributed by atoms with E-state index in [1.165, 1.54) is 0 Å². The van der Waals surface area contributed by atoms with E-state index in [1.54, 1.807) is 12.1 Å². The number of carbonyl (C=O) groups excluding carboxylic acids is 2. The van der Waals surface area contributed by atoms with Crippen LogP contribution in [0.3, 0.4) is 0 Å². The van der Waals surface area contributed by atoms with Gasteiger partial charge < -0.3 is 27.0 Å². The summed E-state index contributed by atoms with van der Waals surface area (Å²) in [5.41, 5.74) is 14.4. The maximum atomic E-state index is 11.8. The van der Waals surface area contributed by atoms with E-state index in [4.69, 9.17) is 11.5 Å². The van der Waals surface area contributed by atoms with Gasteiger partial charge in [0.15, 0.2) is 0 Å². The number of aromatic hydroxyl groups is 2. The van der Waals surface area contributed by atoms with Crippen molar-refractivity contribution in [2.75, 3.05) is 39.3 Å². The van der Waals surface area contributed by atoms with E-state index < -0.39 is 11.8 Å². The van der Waals surface area contributed by atoms with Gasteiger partial charge in [0, 0.05) is 24.2 Å². The van der Waals surface area contributed by atoms with Gasteiger partial charge in [0.1, 0.15) is 11.5 Å². The molecule has 0 saturated carbocycles. The highest BCUT2D eigenvalue weighted by atomic mass is 16.3. The van der Waals surface area contributed by atoms with Crippen LogP contribution in [0.2, 0.25) is 0 Å². The molecule has 9 heteroatoms. The van der Waals surface area contributed by atoms with E-state index in [1.807, 2.05) is 26.0 Å².